The lowest BCUT2D eigenvalue weighted by molar-refractivity contribution is 0.0668. The molecule has 1 aliphatic carbocycles. The van der Waals surface area contributed by atoms with Gasteiger partial charge >= 0.3 is 0 Å². The zero-order chi connectivity index (χ0) is 26.9. The van der Waals surface area contributed by atoms with Crippen LogP contribution < -0.4 is 14.8 Å². The normalized spacial score (nSPS) is 19.0. The Morgan fingerprint density at radius 2 is 1.92 bits per heavy atom. The van der Waals surface area contributed by atoms with Crippen LogP contribution in [0.15, 0.2) is 66.0 Å². The number of rotatable bonds is 7. The smallest absolute Gasteiger partial charge is 0.264 e. The third-order valence-electron chi connectivity index (χ3n) is 6.59. The van der Waals surface area contributed by atoms with E-state index in [1.165, 1.54) is 29.2 Å². The van der Waals surface area contributed by atoms with Gasteiger partial charge in [0, 0.05) is 17.2 Å². The first-order chi connectivity index (χ1) is 18.2. The molecule has 1 unspecified atom stereocenters. The van der Waals surface area contributed by atoms with Crippen molar-refractivity contribution in [2.75, 3.05) is 5.32 Å². The number of hydrogen-bond donors (Lipinski definition) is 3. The van der Waals surface area contributed by atoms with E-state index >= 15 is 0 Å². The van der Waals surface area contributed by atoms with Gasteiger partial charge in [-0.25, -0.2) is 18.1 Å². The standard InChI is InChI=1S/C27H28FN5O4S/c1-17-22(27(35)32-38(2,36)21-6-4-3-5-7-21)15-33-25(17)26(29-16-30-33)31-23-13-8-18(28)14-24(23)37-20-11-9-19(34)10-12-20/h3-8,13-16,19-20,34H,2,9-12H2,1H3,(H,29,30,31)(H,32,35,36). The third-order valence-corrected chi connectivity index (χ3v) is 8.14. The molecule has 2 aromatic heterocycles. The maximum Gasteiger partial charge on any atom is 0.264 e. The number of nitrogens with zero attached hydrogens (tertiary/aromatic N) is 3. The van der Waals surface area contributed by atoms with Gasteiger partial charge in [-0.3, -0.25) is 9.52 Å². The number of hydrogen-bond acceptors (Lipinski definition) is 7. The van der Waals surface area contributed by atoms with Gasteiger partial charge < -0.3 is 15.2 Å². The van der Waals surface area contributed by atoms with Crippen LogP contribution in [-0.2, 0) is 9.71 Å². The molecule has 38 heavy (non-hydrogen) atoms. The highest BCUT2D eigenvalue weighted by atomic mass is 32.2. The molecule has 0 saturated heterocycles. The molecular weight excluding hydrogens is 509 g/mol. The van der Waals surface area contributed by atoms with Crippen LogP contribution >= 0.6 is 0 Å². The molecule has 2 aromatic carbocycles. The number of aliphatic hydroxyl groups excluding tert-OH is 1. The molecule has 2 heterocycles. The zero-order valence-electron chi connectivity index (χ0n) is 20.8. The van der Waals surface area contributed by atoms with Crippen molar-refractivity contribution in [2.24, 2.45) is 0 Å². The van der Waals surface area contributed by atoms with Gasteiger partial charge in [0.15, 0.2) is 5.82 Å². The summed E-state index contributed by atoms with van der Waals surface area (Å²) in [5.74, 6) is 3.42. The number of benzene rings is 2. The number of nitrogens with one attached hydrogen (secondary N) is 2. The van der Waals surface area contributed by atoms with Crippen molar-refractivity contribution in [3.8, 4) is 5.75 Å². The molecule has 3 N–H and O–H groups in total. The first-order valence-electron chi connectivity index (χ1n) is 12.2. The fourth-order valence-corrected chi connectivity index (χ4v) is 5.68. The second kappa shape index (κ2) is 10.4. The second-order valence-corrected chi connectivity index (χ2v) is 11.3. The van der Waals surface area contributed by atoms with Gasteiger partial charge in [0.05, 0.1) is 33.2 Å². The van der Waals surface area contributed by atoms with E-state index in [0.29, 0.717) is 58.9 Å². The Morgan fingerprint density at radius 1 is 1.18 bits per heavy atom. The molecule has 0 bridgehead atoms. The summed E-state index contributed by atoms with van der Waals surface area (Å²) < 4.78 is 37.4. The fraction of sp³-hybridized carbons (Fsp3) is 0.259. The molecular formula is C27H28FN5O4S. The Hall–Kier alpha value is -3.96. The van der Waals surface area contributed by atoms with Crippen LogP contribution in [0.5, 0.6) is 5.75 Å². The fourth-order valence-electron chi connectivity index (χ4n) is 4.55. The van der Waals surface area contributed by atoms with E-state index in [4.69, 9.17) is 4.74 Å². The molecule has 4 aromatic rings. The summed E-state index contributed by atoms with van der Waals surface area (Å²) in [5, 5.41) is 17.2. The Labute approximate surface area is 219 Å². The number of anilines is 2. The Bertz CT molecular complexity index is 1580. The van der Waals surface area contributed by atoms with Crippen LogP contribution in [0.4, 0.5) is 15.9 Å². The summed E-state index contributed by atoms with van der Waals surface area (Å²) in [6.07, 6.45) is 5.00. The molecule has 9 nitrogen and oxygen atoms in total. The average Bonchev–Trinajstić information content (AvgIpc) is 3.25. The third kappa shape index (κ3) is 5.34. The molecule has 1 saturated carbocycles. The van der Waals surface area contributed by atoms with Crippen molar-refractivity contribution in [3.05, 3.63) is 78.0 Å². The lowest BCUT2D eigenvalue weighted by atomic mass is 9.95. The van der Waals surface area contributed by atoms with E-state index in [1.807, 2.05) is 0 Å². The number of aliphatic hydroxyl groups is 1. The predicted molar refractivity (Wildman–Crippen MR) is 144 cm³/mol. The van der Waals surface area contributed by atoms with E-state index in [0.717, 1.165) is 0 Å². The Balaban J connectivity index is 1.43. The van der Waals surface area contributed by atoms with E-state index in [-0.39, 0.29) is 17.8 Å². The van der Waals surface area contributed by atoms with Crippen LogP contribution in [0.25, 0.3) is 5.52 Å². The van der Waals surface area contributed by atoms with E-state index in [1.54, 1.807) is 43.3 Å². The zero-order valence-corrected chi connectivity index (χ0v) is 21.6. The number of aryl methyl sites for hydroxylation is 1. The highest BCUT2D eigenvalue weighted by molar-refractivity contribution is 7.99. The molecule has 11 heteroatoms. The molecule has 0 radical (unpaired) electrons. The minimum atomic E-state index is -3.08. The minimum absolute atomic E-state index is 0.140. The predicted octanol–water partition coefficient (Wildman–Crippen LogP) is 4.02. The summed E-state index contributed by atoms with van der Waals surface area (Å²) >= 11 is 0. The van der Waals surface area contributed by atoms with Gasteiger partial charge in [0.1, 0.15) is 23.4 Å². The lowest BCUT2D eigenvalue weighted by Gasteiger charge is -2.27. The summed E-state index contributed by atoms with van der Waals surface area (Å²) in [5.41, 5.74) is 1.83. The molecule has 1 amide bonds. The first-order valence-corrected chi connectivity index (χ1v) is 13.9. The van der Waals surface area contributed by atoms with E-state index in [2.05, 4.69) is 26.0 Å². The summed E-state index contributed by atoms with van der Waals surface area (Å²) in [6, 6.07) is 12.7. The van der Waals surface area contributed by atoms with Gasteiger partial charge in [0.2, 0.25) is 0 Å². The van der Waals surface area contributed by atoms with Crippen molar-refractivity contribution < 1.29 is 23.2 Å². The Kier molecular flexibility index (Phi) is 7.04. The van der Waals surface area contributed by atoms with Crippen molar-refractivity contribution in [1.29, 1.82) is 0 Å². The lowest BCUT2D eigenvalue weighted by Crippen LogP contribution is -2.30. The molecule has 1 fully saturated rings. The van der Waals surface area contributed by atoms with Gasteiger partial charge in [-0.05, 0) is 68.3 Å². The molecule has 198 valence electrons. The van der Waals surface area contributed by atoms with Gasteiger partial charge in [-0.15, -0.1) is 0 Å². The number of amides is 1. The molecule has 1 atom stereocenters. The summed E-state index contributed by atoms with van der Waals surface area (Å²) in [4.78, 5) is 17.9. The van der Waals surface area contributed by atoms with Crippen molar-refractivity contribution in [1.82, 2.24) is 19.3 Å². The summed E-state index contributed by atoms with van der Waals surface area (Å²) in [6.45, 7) is 1.74. The highest BCUT2D eigenvalue weighted by Crippen LogP contribution is 2.34. The topological polar surface area (TPSA) is 118 Å². The van der Waals surface area contributed by atoms with Crippen LogP contribution in [0.2, 0.25) is 0 Å². The maximum atomic E-state index is 14.1. The second-order valence-electron chi connectivity index (χ2n) is 9.30. The van der Waals surface area contributed by atoms with Gasteiger partial charge in [-0.2, -0.15) is 5.10 Å². The maximum absolute atomic E-state index is 14.1. The van der Waals surface area contributed by atoms with Gasteiger partial charge in [0.25, 0.3) is 5.91 Å². The molecule has 1 aliphatic rings. The van der Waals surface area contributed by atoms with E-state index < -0.39 is 21.4 Å². The molecule has 5 rings (SSSR count). The van der Waals surface area contributed by atoms with Crippen molar-refractivity contribution >= 4 is 38.5 Å². The van der Waals surface area contributed by atoms with Crippen molar-refractivity contribution in [2.45, 2.75) is 49.7 Å². The Morgan fingerprint density at radius 3 is 2.66 bits per heavy atom. The summed E-state index contributed by atoms with van der Waals surface area (Å²) in [7, 11) is -3.08. The van der Waals surface area contributed by atoms with Crippen LogP contribution in [0, 0.1) is 12.7 Å². The van der Waals surface area contributed by atoms with Gasteiger partial charge in [-0.1, -0.05) is 18.2 Å². The van der Waals surface area contributed by atoms with Crippen LogP contribution in [0.3, 0.4) is 0 Å². The number of carbonyl (C=O) groups excluding carboxylic acids is 1. The van der Waals surface area contributed by atoms with Crippen LogP contribution in [-0.4, -0.2) is 47.9 Å². The SMILES string of the molecule is C=S(=O)(NC(=O)c1cn2ncnc(Nc3ccc(F)cc3OC3CCC(O)CC3)c2c1C)c1ccccc1. The number of carbonyl (C=O) groups is 1. The minimum Gasteiger partial charge on any atom is -0.488 e. The van der Waals surface area contributed by atoms with Crippen molar-refractivity contribution in [3.63, 3.8) is 0 Å². The molecule has 0 spiro atoms. The first kappa shape index (κ1) is 25.7. The number of halogens is 1. The highest BCUT2D eigenvalue weighted by Gasteiger charge is 2.24. The largest absolute Gasteiger partial charge is 0.488 e. The quantitative estimate of drug-likeness (QED) is 0.305. The number of ether oxygens (including phenoxy) is 1. The monoisotopic (exact) mass is 537 g/mol. The van der Waals surface area contributed by atoms with Crippen LogP contribution in [0.1, 0.15) is 41.6 Å². The number of fused-ring (bicyclic) bond motifs is 1. The van der Waals surface area contributed by atoms with E-state index in [9.17, 15) is 18.5 Å². The molecule has 0 aliphatic heterocycles. The number of aromatic nitrogens is 3. The average molecular weight is 538 g/mol.